The largest absolute Gasteiger partial charge is 0.311 e. The lowest BCUT2D eigenvalue weighted by atomic mass is 9.87. The van der Waals surface area contributed by atoms with Crippen LogP contribution in [-0.2, 0) is 6.54 Å². The Morgan fingerprint density at radius 1 is 1.40 bits per heavy atom. The molecule has 2 nitrogen and oxygen atoms in total. The minimum atomic E-state index is -0.177. The fraction of sp³-hybridized carbons (Fsp3) is 0.625. The molecule has 0 radical (unpaired) electrons. The van der Waals surface area contributed by atoms with Crippen molar-refractivity contribution in [3.8, 4) is 0 Å². The van der Waals surface area contributed by atoms with E-state index in [0.29, 0.717) is 10.5 Å². The van der Waals surface area contributed by atoms with E-state index in [2.05, 4.69) is 46.9 Å². The first-order chi connectivity index (χ1) is 9.52. The number of hydrogen-bond acceptors (Lipinski definition) is 2. The van der Waals surface area contributed by atoms with Crippen LogP contribution in [0.3, 0.4) is 0 Å². The van der Waals surface area contributed by atoms with Gasteiger partial charge in [-0.1, -0.05) is 26.0 Å². The molecule has 0 saturated carbocycles. The van der Waals surface area contributed by atoms with E-state index in [1.54, 1.807) is 6.07 Å². The van der Waals surface area contributed by atoms with Crippen LogP contribution in [0.2, 0.25) is 0 Å². The molecule has 0 bridgehead atoms. The molecular formula is C16H24BrFN2. The first-order valence-electron chi connectivity index (χ1n) is 7.43. The van der Waals surface area contributed by atoms with Crippen molar-refractivity contribution < 1.29 is 4.39 Å². The molecule has 4 heteroatoms. The Labute approximate surface area is 129 Å². The second kappa shape index (κ2) is 6.54. The van der Waals surface area contributed by atoms with E-state index in [1.807, 2.05) is 6.07 Å². The van der Waals surface area contributed by atoms with E-state index in [9.17, 15) is 4.39 Å². The zero-order valence-electron chi connectivity index (χ0n) is 12.5. The molecule has 1 unspecified atom stereocenters. The van der Waals surface area contributed by atoms with Gasteiger partial charge in [0, 0.05) is 31.2 Å². The van der Waals surface area contributed by atoms with Crippen LogP contribution < -0.4 is 5.32 Å². The lowest BCUT2D eigenvalue weighted by Crippen LogP contribution is -2.63. The van der Waals surface area contributed by atoms with Crippen LogP contribution in [0.1, 0.15) is 39.2 Å². The maximum Gasteiger partial charge on any atom is 0.137 e. The second-order valence-electron chi connectivity index (χ2n) is 5.81. The Hall–Kier alpha value is -0.450. The highest BCUT2D eigenvalue weighted by molar-refractivity contribution is 9.10. The van der Waals surface area contributed by atoms with Crippen molar-refractivity contribution in [3.63, 3.8) is 0 Å². The average molecular weight is 343 g/mol. The van der Waals surface area contributed by atoms with Crippen molar-refractivity contribution in [1.82, 2.24) is 10.2 Å². The maximum atomic E-state index is 13.7. The van der Waals surface area contributed by atoms with Gasteiger partial charge in [0.15, 0.2) is 0 Å². The first kappa shape index (κ1) is 15.9. The topological polar surface area (TPSA) is 15.3 Å². The monoisotopic (exact) mass is 342 g/mol. The highest BCUT2D eigenvalue weighted by Crippen LogP contribution is 2.31. The van der Waals surface area contributed by atoms with Crippen LogP contribution in [0, 0.1) is 5.82 Å². The smallest absolute Gasteiger partial charge is 0.137 e. The van der Waals surface area contributed by atoms with Gasteiger partial charge in [-0.2, -0.15) is 0 Å². The standard InChI is InChI=1S/C16H24BrFN2/c1-4-16(5-2)11-19-12(3)9-20(16)10-13-7-6-8-14(18)15(13)17/h6-8,12,19H,4-5,9-11H2,1-3H3. The van der Waals surface area contributed by atoms with Crippen LogP contribution in [0.5, 0.6) is 0 Å². The fourth-order valence-corrected chi connectivity index (χ4v) is 3.51. The molecule has 1 N–H and O–H groups in total. The molecule has 0 aromatic heterocycles. The van der Waals surface area contributed by atoms with Gasteiger partial charge in [-0.05, 0) is 47.3 Å². The molecule has 1 atom stereocenters. The Kier molecular flexibility index (Phi) is 5.21. The SMILES string of the molecule is CCC1(CC)CNC(C)CN1Cc1cccc(F)c1Br. The summed E-state index contributed by atoms with van der Waals surface area (Å²) in [5.74, 6) is -0.177. The Balaban J connectivity index is 2.25. The summed E-state index contributed by atoms with van der Waals surface area (Å²) in [5, 5.41) is 3.59. The number of benzene rings is 1. The van der Waals surface area contributed by atoms with Crippen LogP contribution in [0.4, 0.5) is 4.39 Å². The highest BCUT2D eigenvalue weighted by atomic mass is 79.9. The summed E-state index contributed by atoms with van der Waals surface area (Å²) in [4.78, 5) is 2.52. The minimum absolute atomic E-state index is 0.177. The molecule has 1 aliphatic heterocycles. The molecule has 1 saturated heterocycles. The lowest BCUT2D eigenvalue weighted by molar-refractivity contribution is 0.0276. The fourth-order valence-electron chi connectivity index (χ4n) is 3.12. The summed E-state index contributed by atoms with van der Waals surface area (Å²) in [6.07, 6.45) is 2.21. The van der Waals surface area contributed by atoms with Crippen molar-refractivity contribution >= 4 is 15.9 Å². The van der Waals surface area contributed by atoms with E-state index in [-0.39, 0.29) is 11.4 Å². The van der Waals surface area contributed by atoms with E-state index >= 15 is 0 Å². The van der Waals surface area contributed by atoms with Gasteiger partial charge in [0.05, 0.1) is 4.47 Å². The molecule has 1 aromatic carbocycles. The molecule has 20 heavy (non-hydrogen) atoms. The third-order valence-electron chi connectivity index (χ3n) is 4.65. The van der Waals surface area contributed by atoms with E-state index in [4.69, 9.17) is 0 Å². The zero-order chi connectivity index (χ0) is 14.8. The second-order valence-corrected chi connectivity index (χ2v) is 6.60. The van der Waals surface area contributed by atoms with Gasteiger partial charge in [0.25, 0.3) is 0 Å². The maximum absolute atomic E-state index is 13.7. The van der Waals surface area contributed by atoms with Crippen LogP contribution in [0.15, 0.2) is 22.7 Å². The molecule has 2 rings (SSSR count). The van der Waals surface area contributed by atoms with E-state index in [1.165, 1.54) is 6.07 Å². The number of nitrogens with zero attached hydrogens (tertiary/aromatic N) is 1. The van der Waals surface area contributed by atoms with Crippen molar-refractivity contribution in [1.29, 1.82) is 0 Å². The number of hydrogen-bond donors (Lipinski definition) is 1. The Bertz CT molecular complexity index is 460. The number of halogens is 2. The van der Waals surface area contributed by atoms with Crippen molar-refractivity contribution in [2.45, 2.75) is 51.7 Å². The van der Waals surface area contributed by atoms with E-state index in [0.717, 1.165) is 38.0 Å². The van der Waals surface area contributed by atoms with Gasteiger partial charge < -0.3 is 5.32 Å². The summed E-state index contributed by atoms with van der Waals surface area (Å²) in [5.41, 5.74) is 1.21. The number of piperazine rings is 1. The van der Waals surface area contributed by atoms with Crippen molar-refractivity contribution in [2.24, 2.45) is 0 Å². The van der Waals surface area contributed by atoms with Crippen LogP contribution >= 0.6 is 15.9 Å². The molecule has 1 heterocycles. The first-order valence-corrected chi connectivity index (χ1v) is 8.23. The van der Waals surface area contributed by atoms with E-state index < -0.39 is 0 Å². The Morgan fingerprint density at radius 3 is 2.75 bits per heavy atom. The quantitative estimate of drug-likeness (QED) is 0.891. The van der Waals surface area contributed by atoms with Gasteiger partial charge in [-0.15, -0.1) is 0 Å². The highest BCUT2D eigenvalue weighted by Gasteiger charge is 2.37. The summed E-state index contributed by atoms with van der Waals surface area (Å²) in [6, 6.07) is 5.78. The predicted octanol–water partition coefficient (Wildman–Crippen LogP) is 3.94. The normalized spacial score (nSPS) is 22.9. The number of rotatable bonds is 4. The molecular weight excluding hydrogens is 319 g/mol. The molecule has 1 aliphatic rings. The Morgan fingerprint density at radius 2 is 2.10 bits per heavy atom. The number of nitrogens with one attached hydrogen (secondary N) is 1. The molecule has 0 aliphatic carbocycles. The average Bonchev–Trinajstić information content (AvgIpc) is 2.45. The lowest BCUT2D eigenvalue weighted by Gasteiger charge is -2.49. The summed E-state index contributed by atoms with van der Waals surface area (Å²) in [6.45, 7) is 9.51. The zero-order valence-corrected chi connectivity index (χ0v) is 14.1. The summed E-state index contributed by atoms with van der Waals surface area (Å²) >= 11 is 3.39. The van der Waals surface area contributed by atoms with Gasteiger partial charge in [0.2, 0.25) is 0 Å². The third-order valence-corrected chi connectivity index (χ3v) is 5.54. The molecule has 112 valence electrons. The predicted molar refractivity (Wildman–Crippen MR) is 85.3 cm³/mol. The third kappa shape index (κ3) is 3.07. The molecule has 1 aromatic rings. The van der Waals surface area contributed by atoms with Crippen molar-refractivity contribution in [2.75, 3.05) is 13.1 Å². The minimum Gasteiger partial charge on any atom is -0.311 e. The van der Waals surface area contributed by atoms with Gasteiger partial charge in [-0.3, -0.25) is 4.90 Å². The van der Waals surface area contributed by atoms with Gasteiger partial charge in [0.1, 0.15) is 5.82 Å². The van der Waals surface area contributed by atoms with Crippen LogP contribution in [0.25, 0.3) is 0 Å². The molecule has 1 fully saturated rings. The molecule has 0 amide bonds. The van der Waals surface area contributed by atoms with Gasteiger partial charge >= 0.3 is 0 Å². The summed E-state index contributed by atoms with van der Waals surface area (Å²) < 4.78 is 14.3. The molecule has 0 spiro atoms. The summed E-state index contributed by atoms with van der Waals surface area (Å²) in [7, 11) is 0. The van der Waals surface area contributed by atoms with Gasteiger partial charge in [-0.25, -0.2) is 4.39 Å². The van der Waals surface area contributed by atoms with Crippen LogP contribution in [-0.4, -0.2) is 29.6 Å². The van der Waals surface area contributed by atoms with Crippen molar-refractivity contribution in [3.05, 3.63) is 34.1 Å².